The molecule has 0 aliphatic carbocycles. The number of rotatable bonds is 3. The van der Waals surface area contributed by atoms with Gasteiger partial charge in [0.25, 0.3) is 0 Å². The number of hydrogen-bond acceptors (Lipinski definition) is 3. The number of carboxylic acids is 1. The molecule has 0 unspecified atom stereocenters. The molecular formula is C9H15NO3S. The largest absolute Gasteiger partial charge is 0.480 e. The fraction of sp³-hybridized carbons (Fsp3) is 0.778. The molecule has 5 heteroatoms. The lowest BCUT2D eigenvalue weighted by molar-refractivity contribution is -0.148. The van der Waals surface area contributed by atoms with Crippen molar-refractivity contribution in [1.82, 2.24) is 5.32 Å². The van der Waals surface area contributed by atoms with Crippen LogP contribution in [0.25, 0.3) is 0 Å². The minimum atomic E-state index is -1.00. The molecule has 0 aromatic rings. The van der Waals surface area contributed by atoms with Crippen LogP contribution in [-0.2, 0) is 9.59 Å². The van der Waals surface area contributed by atoms with Gasteiger partial charge in [-0.1, -0.05) is 6.92 Å². The first-order chi connectivity index (χ1) is 6.60. The zero-order valence-corrected chi connectivity index (χ0v) is 9.02. The standard InChI is InChI=1S/C9H15NO3S/c1-2-7(11)10-9(8(12)13)3-5-14-6-4-9/h2-6H2,1H3,(H,10,11)(H,12,13). The van der Waals surface area contributed by atoms with Crippen LogP contribution in [0.15, 0.2) is 0 Å². The van der Waals surface area contributed by atoms with Gasteiger partial charge in [0.05, 0.1) is 0 Å². The zero-order chi connectivity index (χ0) is 10.6. The molecule has 1 aliphatic heterocycles. The quantitative estimate of drug-likeness (QED) is 0.736. The van der Waals surface area contributed by atoms with Gasteiger partial charge < -0.3 is 10.4 Å². The summed E-state index contributed by atoms with van der Waals surface area (Å²) < 4.78 is 0. The van der Waals surface area contributed by atoms with E-state index in [0.717, 1.165) is 11.5 Å². The van der Waals surface area contributed by atoms with Crippen LogP contribution < -0.4 is 5.32 Å². The van der Waals surface area contributed by atoms with Crippen molar-refractivity contribution in [2.45, 2.75) is 31.7 Å². The highest BCUT2D eigenvalue weighted by atomic mass is 32.2. The summed E-state index contributed by atoms with van der Waals surface area (Å²) in [5.41, 5.74) is -1.00. The van der Waals surface area contributed by atoms with E-state index >= 15 is 0 Å². The van der Waals surface area contributed by atoms with Gasteiger partial charge in [-0.25, -0.2) is 4.79 Å². The first-order valence-corrected chi connectivity index (χ1v) is 5.88. The van der Waals surface area contributed by atoms with E-state index in [2.05, 4.69) is 5.32 Å². The lowest BCUT2D eigenvalue weighted by atomic mass is 9.92. The molecule has 2 N–H and O–H groups in total. The Morgan fingerprint density at radius 3 is 2.43 bits per heavy atom. The Kier molecular flexibility index (Phi) is 3.80. The maximum absolute atomic E-state index is 11.2. The summed E-state index contributed by atoms with van der Waals surface area (Å²) in [6.45, 7) is 1.72. The molecular weight excluding hydrogens is 202 g/mol. The maximum atomic E-state index is 11.2. The number of hydrogen-bond donors (Lipinski definition) is 2. The van der Waals surface area contributed by atoms with Gasteiger partial charge in [0.2, 0.25) is 5.91 Å². The van der Waals surface area contributed by atoms with Gasteiger partial charge in [0.1, 0.15) is 5.54 Å². The molecule has 1 amide bonds. The summed E-state index contributed by atoms with van der Waals surface area (Å²) in [6.07, 6.45) is 1.39. The van der Waals surface area contributed by atoms with Crippen LogP contribution in [0.3, 0.4) is 0 Å². The Morgan fingerprint density at radius 1 is 1.43 bits per heavy atom. The molecule has 0 aromatic heterocycles. The summed E-state index contributed by atoms with van der Waals surface area (Å²) in [7, 11) is 0. The summed E-state index contributed by atoms with van der Waals surface area (Å²) in [5.74, 6) is 0.519. The molecule has 1 aliphatic rings. The molecule has 1 fully saturated rings. The Morgan fingerprint density at radius 2 is 2.00 bits per heavy atom. The topological polar surface area (TPSA) is 66.4 Å². The van der Waals surface area contributed by atoms with Crippen LogP contribution >= 0.6 is 11.8 Å². The van der Waals surface area contributed by atoms with Crippen LogP contribution in [-0.4, -0.2) is 34.0 Å². The number of aliphatic carboxylic acids is 1. The minimum absolute atomic E-state index is 0.181. The van der Waals surface area contributed by atoms with Crippen LogP contribution in [0, 0.1) is 0 Å². The van der Waals surface area contributed by atoms with E-state index in [0.29, 0.717) is 19.3 Å². The average Bonchev–Trinajstić information content (AvgIpc) is 2.19. The maximum Gasteiger partial charge on any atom is 0.329 e. The monoisotopic (exact) mass is 217 g/mol. The summed E-state index contributed by atoms with van der Waals surface area (Å²) >= 11 is 1.73. The van der Waals surface area contributed by atoms with E-state index in [1.165, 1.54) is 0 Å². The Hall–Kier alpha value is -0.710. The second-order valence-electron chi connectivity index (χ2n) is 3.40. The second kappa shape index (κ2) is 4.68. The predicted molar refractivity (Wildman–Crippen MR) is 55.4 cm³/mol. The van der Waals surface area contributed by atoms with Crippen molar-refractivity contribution in [1.29, 1.82) is 0 Å². The molecule has 0 radical (unpaired) electrons. The fourth-order valence-corrected chi connectivity index (χ4v) is 2.66. The molecule has 1 rings (SSSR count). The average molecular weight is 217 g/mol. The van der Waals surface area contributed by atoms with E-state index < -0.39 is 11.5 Å². The highest BCUT2D eigenvalue weighted by Crippen LogP contribution is 2.27. The zero-order valence-electron chi connectivity index (χ0n) is 8.21. The van der Waals surface area contributed by atoms with Crippen molar-refractivity contribution in [2.75, 3.05) is 11.5 Å². The minimum Gasteiger partial charge on any atom is -0.480 e. The lowest BCUT2D eigenvalue weighted by Gasteiger charge is -2.33. The van der Waals surface area contributed by atoms with E-state index in [4.69, 9.17) is 5.11 Å². The number of carboxylic acid groups (broad SMARTS) is 1. The molecule has 14 heavy (non-hydrogen) atoms. The fourth-order valence-electron chi connectivity index (χ4n) is 1.47. The third-order valence-electron chi connectivity index (χ3n) is 2.46. The SMILES string of the molecule is CCC(=O)NC1(C(=O)O)CCSCC1. The normalized spacial score (nSPS) is 20.1. The van der Waals surface area contributed by atoms with Crippen LogP contribution in [0.2, 0.25) is 0 Å². The number of thioether (sulfide) groups is 1. The van der Waals surface area contributed by atoms with E-state index in [-0.39, 0.29) is 5.91 Å². The molecule has 0 aromatic carbocycles. The number of amides is 1. The smallest absolute Gasteiger partial charge is 0.329 e. The number of nitrogens with one attached hydrogen (secondary N) is 1. The van der Waals surface area contributed by atoms with E-state index in [9.17, 15) is 9.59 Å². The van der Waals surface area contributed by atoms with Gasteiger partial charge in [0.15, 0.2) is 0 Å². The third kappa shape index (κ3) is 2.41. The van der Waals surface area contributed by atoms with E-state index in [1.807, 2.05) is 0 Å². The van der Waals surface area contributed by atoms with Crippen molar-refractivity contribution >= 4 is 23.6 Å². The lowest BCUT2D eigenvalue weighted by Crippen LogP contribution is -2.56. The predicted octanol–water partition coefficient (Wildman–Crippen LogP) is 0.863. The first-order valence-electron chi connectivity index (χ1n) is 4.73. The second-order valence-corrected chi connectivity index (χ2v) is 4.63. The van der Waals surface area contributed by atoms with Crippen molar-refractivity contribution in [3.05, 3.63) is 0 Å². The van der Waals surface area contributed by atoms with Crippen LogP contribution in [0.1, 0.15) is 26.2 Å². The van der Waals surface area contributed by atoms with E-state index in [1.54, 1.807) is 18.7 Å². The summed E-state index contributed by atoms with van der Waals surface area (Å²) in [6, 6.07) is 0. The van der Waals surface area contributed by atoms with Gasteiger partial charge in [-0.2, -0.15) is 11.8 Å². The van der Waals surface area contributed by atoms with Crippen molar-refractivity contribution in [3.8, 4) is 0 Å². The highest BCUT2D eigenvalue weighted by Gasteiger charge is 2.40. The van der Waals surface area contributed by atoms with Crippen molar-refractivity contribution in [2.24, 2.45) is 0 Å². The third-order valence-corrected chi connectivity index (χ3v) is 3.44. The van der Waals surface area contributed by atoms with Crippen LogP contribution in [0.5, 0.6) is 0 Å². The molecule has 80 valence electrons. The van der Waals surface area contributed by atoms with Gasteiger partial charge in [0, 0.05) is 6.42 Å². The molecule has 0 bridgehead atoms. The molecule has 0 spiro atoms. The van der Waals surface area contributed by atoms with Gasteiger partial charge >= 0.3 is 5.97 Å². The molecule has 1 heterocycles. The summed E-state index contributed by atoms with van der Waals surface area (Å²) in [5, 5.41) is 11.7. The van der Waals surface area contributed by atoms with Crippen LogP contribution in [0.4, 0.5) is 0 Å². The molecule has 1 saturated heterocycles. The van der Waals surface area contributed by atoms with Gasteiger partial charge in [-0.05, 0) is 24.3 Å². The Bertz CT molecular complexity index is 236. The van der Waals surface area contributed by atoms with Crippen molar-refractivity contribution in [3.63, 3.8) is 0 Å². The van der Waals surface area contributed by atoms with Gasteiger partial charge in [-0.3, -0.25) is 4.79 Å². The molecule has 4 nitrogen and oxygen atoms in total. The number of carbonyl (C=O) groups excluding carboxylic acids is 1. The Labute approximate surface area is 87.4 Å². The first kappa shape index (κ1) is 11.4. The van der Waals surface area contributed by atoms with Crippen molar-refractivity contribution < 1.29 is 14.7 Å². The highest BCUT2D eigenvalue weighted by molar-refractivity contribution is 7.99. The molecule has 0 saturated carbocycles. The van der Waals surface area contributed by atoms with Gasteiger partial charge in [-0.15, -0.1) is 0 Å². The molecule has 0 atom stereocenters. The Balaban J connectivity index is 2.70. The summed E-state index contributed by atoms with van der Waals surface area (Å²) in [4.78, 5) is 22.3. The number of carbonyl (C=O) groups is 2.